The van der Waals surface area contributed by atoms with Crippen LogP contribution in [0.3, 0.4) is 0 Å². The van der Waals surface area contributed by atoms with Gasteiger partial charge in [0.2, 0.25) is 0 Å². The predicted molar refractivity (Wildman–Crippen MR) is 134 cm³/mol. The van der Waals surface area contributed by atoms with Gasteiger partial charge in [-0.2, -0.15) is 0 Å². The Hall–Kier alpha value is -3.52. The van der Waals surface area contributed by atoms with Crippen LogP contribution in [-0.2, 0) is 21.2 Å². The standard InChI is InChI=1S/C26H30N2O5S/c1-3-5-6-20-7-9-21(10-8-20)27-26(29)19-33-24-15-17-25(18-16-24)34(30,31)28-22-11-13-23(14-12-22)32-4-2/h7-18,28H,3-6,19H2,1-2H3,(H,27,29). The molecule has 1 amide bonds. The number of carbonyl (C=O) groups excluding carboxylic acids is 1. The van der Waals surface area contributed by atoms with Gasteiger partial charge >= 0.3 is 0 Å². The van der Waals surface area contributed by atoms with Gasteiger partial charge in [-0.25, -0.2) is 8.42 Å². The van der Waals surface area contributed by atoms with Gasteiger partial charge in [0.05, 0.1) is 11.5 Å². The summed E-state index contributed by atoms with van der Waals surface area (Å²) in [5.74, 6) is 0.764. The third-order valence-electron chi connectivity index (χ3n) is 4.98. The van der Waals surface area contributed by atoms with Gasteiger partial charge in [0.25, 0.3) is 15.9 Å². The Bertz CT molecular complexity index is 1160. The molecule has 0 bridgehead atoms. The molecule has 0 spiro atoms. The first kappa shape index (κ1) is 25.1. The Morgan fingerprint density at radius 1 is 0.794 bits per heavy atom. The quantitative estimate of drug-likeness (QED) is 0.368. The predicted octanol–water partition coefficient (Wildman–Crippen LogP) is 5.25. The highest BCUT2D eigenvalue weighted by Crippen LogP contribution is 2.21. The van der Waals surface area contributed by atoms with Crippen LogP contribution in [0.2, 0.25) is 0 Å². The molecule has 8 heteroatoms. The Kier molecular flexibility index (Phi) is 8.93. The molecule has 3 aromatic carbocycles. The molecule has 0 fully saturated rings. The van der Waals surface area contributed by atoms with Gasteiger partial charge in [0, 0.05) is 11.4 Å². The molecule has 3 aromatic rings. The lowest BCUT2D eigenvalue weighted by Gasteiger charge is -2.11. The molecule has 0 saturated heterocycles. The fourth-order valence-corrected chi connectivity index (χ4v) is 4.26. The Labute approximate surface area is 201 Å². The Morgan fingerprint density at radius 3 is 2.00 bits per heavy atom. The first-order chi connectivity index (χ1) is 16.4. The van der Waals surface area contributed by atoms with Crippen molar-refractivity contribution in [1.29, 1.82) is 0 Å². The van der Waals surface area contributed by atoms with E-state index >= 15 is 0 Å². The largest absolute Gasteiger partial charge is 0.494 e. The number of hydrogen-bond acceptors (Lipinski definition) is 5. The summed E-state index contributed by atoms with van der Waals surface area (Å²) in [7, 11) is -3.76. The van der Waals surface area contributed by atoms with E-state index in [1.165, 1.54) is 29.8 Å². The van der Waals surface area contributed by atoms with Crippen LogP contribution in [0.25, 0.3) is 0 Å². The molecule has 0 atom stereocenters. The molecule has 34 heavy (non-hydrogen) atoms. The first-order valence-corrected chi connectivity index (χ1v) is 12.7. The van der Waals surface area contributed by atoms with Crippen LogP contribution in [0.5, 0.6) is 11.5 Å². The molecule has 3 rings (SSSR count). The van der Waals surface area contributed by atoms with Gasteiger partial charge in [-0.15, -0.1) is 0 Å². The van der Waals surface area contributed by atoms with Crippen molar-refractivity contribution in [2.75, 3.05) is 23.3 Å². The highest BCUT2D eigenvalue weighted by molar-refractivity contribution is 7.92. The van der Waals surface area contributed by atoms with Gasteiger partial charge in [0.15, 0.2) is 6.61 Å². The molecule has 0 aliphatic heterocycles. The topological polar surface area (TPSA) is 93.7 Å². The summed E-state index contributed by atoms with van der Waals surface area (Å²) in [6.07, 6.45) is 3.30. The molecule has 0 heterocycles. The van der Waals surface area contributed by atoms with Crippen molar-refractivity contribution in [3.8, 4) is 11.5 Å². The van der Waals surface area contributed by atoms with Crippen molar-refractivity contribution in [3.63, 3.8) is 0 Å². The Morgan fingerprint density at radius 2 is 1.38 bits per heavy atom. The van der Waals surface area contributed by atoms with Crippen molar-refractivity contribution in [2.45, 2.75) is 38.0 Å². The summed E-state index contributed by atoms with van der Waals surface area (Å²) in [4.78, 5) is 12.3. The van der Waals surface area contributed by atoms with Crippen LogP contribution in [0, 0.1) is 0 Å². The van der Waals surface area contributed by atoms with E-state index in [0.29, 0.717) is 29.5 Å². The molecule has 7 nitrogen and oxygen atoms in total. The number of amides is 1. The van der Waals surface area contributed by atoms with Crippen molar-refractivity contribution in [1.82, 2.24) is 0 Å². The van der Waals surface area contributed by atoms with Crippen LogP contribution in [-0.4, -0.2) is 27.5 Å². The molecule has 0 aromatic heterocycles. The number of anilines is 2. The molecule has 0 aliphatic rings. The van der Waals surface area contributed by atoms with Gasteiger partial charge in [-0.3, -0.25) is 9.52 Å². The number of rotatable bonds is 12. The first-order valence-electron chi connectivity index (χ1n) is 11.3. The summed E-state index contributed by atoms with van der Waals surface area (Å²) in [5, 5.41) is 2.79. The highest BCUT2D eigenvalue weighted by atomic mass is 32.2. The summed E-state index contributed by atoms with van der Waals surface area (Å²) in [6, 6.07) is 20.3. The fraction of sp³-hybridized carbons (Fsp3) is 0.269. The minimum absolute atomic E-state index is 0.0846. The van der Waals surface area contributed by atoms with Gasteiger partial charge in [-0.1, -0.05) is 25.5 Å². The van der Waals surface area contributed by atoms with Gasteiger partial charge in [0.1, 0.15) is 11.5 Å². The van der Waals surface area contributed by atoms with E-state index in [9.17, 15) is 13.2 Å². The number of nitrogens with one attached hydrogen (secondary N) is 2. The van der Waals surface area contributed by atoms with E-state index in [1.807, 2.05) is 31.2 Å². The lowest BCUT2D eigenvalue weighted by Crippen LogP contribution is -2.20. The normalized spacial score (nSPS) is 11.0. The molecule has 0 unspecified atom stereocenters. The number of ether oxygens (including phenoxy) is 2. The molecule has 180 valence electrons. The molecular weight excluding hydrogens is 452 g/mol. The number of hydrogen-bond donors (Lipinski definition) is 2. The molecular formula is C26H30N2O5S. The monoisotopic (exact) mass is 482 g/mol. The number of unbranched alkanes of at least 4 members (excludes halogenated alkanes) is 1. The minimum atomic E-state index is -3.76. The van der Waals surface area contributed by atoms with Crippen LogP contribution in [0.4, 0.5) is 11.4 Å². The van der Waals surface area contributed by atoms with E-state index in [2.05, 4.69) is 17.0 Å². The zero-order valence-corrected chi connectivity index (χ0v) is 20.2. The summed E-state index contributed by atoms with van der Waals surface area (Å²) < 4.78 is 38.6. The fourth-order valence-electron chi connectivity index (χ4n) is 3.20. The van der Waals surface area contributed by atoms with Crippen molar-refractivity contribution in [3.05, 3.63) is 78.4 Å². The lowest BCUT2D eigenvalue weighted by molar-refractivity contribution is -0.118. The molecule has 2 N–H and O–H groups in total. The third kappa shape index (κ3) is 7.52. The average Bonchev–Trinajstić information content (AvgIpc) is 2.84. The molecule has 0 radical (unpaired) electrons. The Balaban J connectivity index is 1.51. The van der Waals surface area contributed by atoms with E-state index < -0.39 is 10.0 Å². The van der Waals surface area contributed by atoms with Crippen molar-refractivity contribution >= 4 is 27.3 Å². The van der Waals surface area contributed by atoms with Gasteiger partial charge in [-0.05, 0) is 86.0 Å². The van der Waals surface area contributed by atoms with Crippen LogP contribution < -0.4 is 19.5 Å². The van der Waals surface area contributed by atoms with Gasteiger partial charge < -0.3 is 14.8 Å². The third-order valence-corrected chi connectivity index (χ3v) is 6.38. The van der Waals surface area contributed by atoms with Crippen molar-refractivity contribution in [2.24, 2.45) is 0 Å². The maximum absolute atomic E-state index is 12.6. The number of sulfonamides is 1. The number of benzene rings is 3. The second-order valence-electron chi connectivity index (χ2n) is 7.67. The minimum Gasteiger partial charge on any atom is -0.494 e. The van der Waals surface area contributed by atoms with E-state index in [4.69, 9.17) is 9.47 Å². The maximum Gasteiger partial charge on any atom is 0.262 e. The molecule has 0 saturated carbocycles. The zero-order chi connectivity index (χ0) is 24.4. The zero-order valence-electron chi connectivity index (χ0n) is 19.4. The van der Waals surface area contributed by atoms with E-state index in [1.54, 1.807) is 24.3 Å². The SMILES string of the molecule is CCCCc1ccc(NC(=O)COc2ccc(S(=O)(=O)Nc3ccc(OCC)cc3)cc2)cc1. The maximum atomic E-state index is 12.6. The second-order valence-corrected chi connectivity index (χ2v) is 9.35. The smallest absolute Gasteiger partial charge is 0.262 e. The van der Waals surface area contributed by atoms with E-state index in [-0.39, 0.29) is 17.4 Å². The van der Waals surface area contributed by atoms with Crippen LogP contribution in [0.15, 0.2) is 77.7 Å². The summed E-state index contributed by atoms with van der Waals surface area (Å²) in [6.45, 7) is 4.38. The average molecular weight is 483 g/mol. The number of aryl methyl sites for hydroxylation is 1. The summed E-state index contributed by atoms with van der Waals surface area (Å²) in [5.41, 5.74) is 2.37. The summed E-state index contributed by atoms with van der Waals surface area (Å²) >= 11 is 0. The molecule has 0 aliphatic carbocycles. The van der Waals surface area contributed by atoms with Crippen LogP contribution in [0.1, 0.15) is 32.3 Å². The van der Waals surface area contributed by atoms with E-state index in [0.717, 1.165) is 19.3 Å². The number of carbonyl (C=O) groups is 1. The lowest BCUT2D eigenvalue weighted by atomic mass is 10.1. The second kappa shape index (κ2) is 12.1. The highest BCUT2D eigenvalue weighted by Gasteiger charge is 2.14. The van der Waals surface area contributed by atoms with Crippen molar-refractivity contribution < 1.29 is 22.7 Å². The van der Waals surface area contributed by atoms with Crippen LogP contribution >= 0.6 is 0 Å².